The minimum absolute atomic E-state index is 0.00618. The molecule has 1 aliphatic rings. The van der Waals surface area contributed by atoms with Crippen LogP contribution >= 0.6 is 15.9 Å². The zero-order valence-corrected chi connectivity index (χ0v) is 12.4. The van der Waals surface area contributed by atoms with Crippen molar-refractivity contribution in [1.29, 1.82) is 0 Å². The van der Waals surface area contributed by atoms with Crippen LogP contribution in [0.1, 0.15) is 17.5 Å². The van der Waals surface area contributed by atoms with Crippen molar-refractivity contribution in [1.82, 2.24) is 0 Å². The van der Waals surface area contributed by atoms with E-state index < -0.39 is 4.92 Å². The molecule has 1 saturated heterocycles. The molecule has 0 aromatic heterocycles. The number of nitrogens with zero attached hydrogens (tertiary/aromatic N) is 2. The average Bonchev–Trinajstić information content (AvgIpc) is 2.73. The highest BCUT2D eigenvalue weighted by Gasteiger charge is 2.34. The summed E-state index contributed by atoms with van der Waals surface area (Å²) in [7, 11) is 0. The van der Waals surface area contributed by atoms with Crippen molar-refractivity contribution < 1.29 is 9.72 Å². The molecule has 1 amide bonds. The number of alkyl halides is 1. The molecule has 0 aliphatic carbocycles. The van der Waals surface area contributed by atoms with E-state index in [1.807, 2.05) is 13.8 Å². The number of aryl methyl sites for hydroxylation is 1. The highest BCUT2D eigenvalue weighted by molar-refractivity contribution is 9.09. The Bertz CT molecular complexity index is 545. The molecule has 19 heavy (non-hydrogen) atoms. The number of carbonyl (C=O) groups excluding carboxylic acids is 1. The Morgan fingerprint density at radius 3 is 2.68 bits per heavy atom. The third kappa shape index (κ3) is 2.49. The van der Waals surface area contributed by atoms with Crippen LogP contribution in [0.15, 0.2) is 12.1 Å². The summed E-state index contributed by atoms with van der Waals surface area (Å²) in [6, 6.07) is 3.20. The van der Waals surface area contributed by atoms with E-state index in [-0.39, 0.29) is 17.5 Å². The second-order valence-corrected chi connectivity index (χ2v) is 5.51. The van der Waals surface area contributed by atoms with Gasteiger partial charge in [0.15, 0.2) is 0 Å². The van der Waals surface area contributed by atoms with Crippen molar-refractivity contribution in [2.45, 2.75) is 20.3 Å². The second-order valence-electron chi connectivity index (χ2n) is 4.86. The van der Waals surface area contributed by atoms with Crippen molar-refractivity contribution in [2.75, 3.05) is 16.8 Å². The van der Waals surface area contributed by atoms with Crippen molar-refractivity contribution in [3.63, 3.8) is 0 Å². The van der Waals surface area contributed by atoms with Gasteiger partial charge in [0.2, 0.25) is 5.91 Å². The molecule has 0 saturated carbocycles. The van der Waals surface area contributed by atoms with Gasteiger partial charge in [0.05, 0.1) is 4.92 Å². The first kappa shape index (κ1) is 14.0. The van der Waals surface area contributed by atoms with Gasteiger partial charge < -0.3 is 4.90 Å². The fraction of sp³-hybridized carbons (Fsp3) is 0.462. The molecule has 0 N–H and O–H groups in total. The van der Waals surface area contributed by atoms with E-state index in [0.29, 0.717) is 18.7 Å². The molecule has 0 bridgehead atoms. The number of hydrogen-bond acceptors (Lipinski definition) is 3. The van der Waals surface area contributed by atoms with Gasteiger partial charge in [0.25, 0.3) is 5.69 Å². The Hall–Kier alpha value is -1.43. The first-order valence-electron chi connectivity index (χ1n) is 6.06. The van der Waals surface area contributed by atoms with Gasteiger partial charge >= 0.3 is 0 Å². The molecule has 1 aliphatic heterocycles. The predicted octanol–water partition coefficient (Wildman–Crippen LogP) is 2.96. The summed E-state index contributed by atoms with van der Waals surface area (Å²) in [6.45, 7) is 4.26. The molecule has 1 unspecified atom stereocenters. The maximum atomic E-state index is 12.1. The van der Waals surface area contributed by atoms with Crippen molar-refractivity contribution in [3.8, 4) is 0 Å². The molecule has 0 spiro atoms. The summed E-state index contributed by atoms with van der Waals surface area (Å²) < 4.78 is 0. The van der Waals surface area contributed by atoms with Crippen molar-refractivity contribution >= 4 is 33.2 Å². The fourth-order valence-electron chi connectivity index (χ4n) is 2.38. The largest absolute Gasteiger partial charge is 0.306 e. The van der Waals surface area contributed by atoms with E-state index in [9.17, 15) is 14.9 Å². The summed E-state index contributed by atoms with van der Waals surface area (Å²) in [4.78, 5) is 24.4. The van der Waals surface area contributed by atoms with Gasteiger partial charge in [-0.1, -0.05) is 22.0 Å². The van der Waals surface area contributed by atoms with E-state index in [1.54, 1.807) is 11.0 Å². The summed E-state index contributed by atoms with van der Waals surface area (Å²) in [6.07, 6.45) is 0.440. The zero-order valence-electron chi connectivity index (χ0n) is 10.9. The number of halogens is 1. The van der Waals surface area contributed by atoms with E-state index in [0.717, 1.165) is 16.5 Å². The van der Waals surface area contributed by atoms with Gasteiger partial charge in [-0.2, -0.15) is 0 Å². The molecule has 1 aromatic rings. The molecular formula is C13H15BrN2O3. The first-order chi connectivity index (χ1) is 8.95. The molecule has 0 radical (unpaired) electrons. The number of nitro groups is 1. The first-order valence-corrected chi connectivity index (χ1v) is 7.18. The molecule has 1 heterocycles. The standard InChI is InChI=1S/C13H15BrN2O3/c1-8-3-4-11(16(18)19)13(9(8)2)15-7-10(6-14)5-12(15)17/h3-4,10H,5-7H2,1-2H3. The van der Waals surface area contributed by atoms with Crippen LogP contribution in [0.4, 0.5) is 11.4 Å². The SMILES string of the molecule is Cc1ccc([N+](=O)[O-])c(N2CC(CBr)CC2=O)c1C. The van der Waals surface area contributed by atoms with Crippen LogP contribution in [0.3, 0.4) is 0 Å². The third-order valence-corrected chi connectivity index (χ3v) is 4.49. The highest BCUT2D eigenvalue weighted by atomic mass is 79.9. The molecule has 102 valence electrons. The lowest BCUT2D eigenvalue weighted by molar-refractivity contribution is -0.384. The van der Waals surface area contributed by atoms with Crippen LogP contribution in [0, 0.1) is 29.9 Å². The number of amides is 1. The predicted molar refractivity (Wildman–Crippen MR) is 76.8 cm³/mol. The number of nitro benzene ring substituents is 1. The smallest absolute Gasteiger partial charge is 0.293 e. The van der Waals surface area contributed by atoms with E-state index >= 15 is 0 Å². The Morgan fingerprint density at radius 2 is 2.16 bits per heavy atom. The molecule has 2 rings (SSSR count). The fourth-order valence-corrected chi connectivity index (χ4v) is 2.81. The zero-order chi connectivity index (χ0) is 14.2. The lowest BCUT2D eigenvalue weighted by Gasteiger charge is -2.20. The second kappa shape index (κ2) is 5.28. The van der Waals surface area contributed by atoms with Crippen LogP contribution in [0.25, 0.3) is 0 Å². The Labute approximate surface area is 119 Å². The quantitative estimate of drug-likeness (QED) is 0.487. The normalized spacial score (nSPS) is 19.0. The van der Waals surface area contributed by atoms with Crippen molar-refractivity contribution in [3.05, 3.63) is 33.4 Å². The number of rotatable bonds is 3. The van der Waals surface area contributed by atoms with Crippen LogP contribution in [0.5, 0.6) is 0 Å². The maximum absolute atomic E-state index is 12.1. The summed E-state index contributed by atoms with van der Waals surface area (Å²) in [5.41, 5.74) is 2.22. The van der Waals surface area contributed by atoms with Crippen LogP contribution in [-0.2, 0) is 4.79 Å². The number of anilines is 1. The topological polar surface area (TPSA) is 63.5 Å². The maximum Gasteiger partial charge on any atom is 0.293 e. The number of hydrogen-bond donors (Lipinski definition) is 0. The Morgan fingerprint density at radius 1 is 1.47 bits per heavy atom. The lowest BCUT2D eigenvalue weighted by Crippen LogP contribution is -2.26. The monoisotopic (exact) mass is 326 g/mol. The van der Waals surface area contributed by atoms with Gasteiger partial charge in [-0.15, -0.1) is 0 Å². The van der Waals surface area contributed by atoms with Gasteiger partial charge in [-0.05, 0) is 30.9 Å². The average molecular weight is 327 g/mol. The minimum atomic E-state index is -0.420. The lowest BCUT2D eigenvalue weighted by atomic mass is 10.1. The van der Waals surface area contributed by atoms with E-state index in [2.05, 4.69) is 15.9 Å². The van der Waals surface area contributed by atoms with E-state index in [4.69, 9.17) is 0 Å². The van der Waals surface area contributed by atoms with Gasteiger partial charge in [-0.25, -0.2) is 0 Å². The summed E-state index contributed by atoms with van der Waals surface area (Å²) in [5, 5.41) is 11.9. The minimum Gasteiger partial charge on any atom is -0.306 e. The van der Waals surface area contributed by atoms with Crippen LogP contribution < -0.4 is 4.90 Å². The van der Waals surface area contributed by atoms with E-state index in [1.165, 1.54) is 6.07 Å². The van der Waals surface area contributed by atoms with Crippen LogP contribution in [0.2, 0.25) is 0 Å². The molecular weight excluding hydrogens is 312 g/mol. The third-order valence-electron chi connectivity index (χ3n) is 3.57. The van der Waals surface area contributed by atoms with Crippen LogP contribution in [-0.4, -0.2) is 22.7 Å². The molecule has 1 atom stereocenters. The summed E-state index contributed by atoms with van der Waals surface area (Å²) in [5.74, 6) is 0.174. The van der Waals surface area contributed by atoms with Gasteiger partial charge in [0, 0.05) is 24.4 Å². The highest BCUT2D eigenvalue weighted by Crippen LogP contribution is 2.37. The molecule has 6 heteroatoms. The Kier molecular flexibility index (Phi) is 3.89. The van der Waals surface area contributed by atoms with Gasteiger partial charge in [0.1, 0.15) is 5.69 Å². The summed E-state index contributed by atoms with van der Waals surface area (Å²) >= 11 is 3.37. The van der Waals surface area contributed by atoms with Gasteiger partial charge in [-0.3, -0.25) is 14.9 Å². The molecule has 1 aromatic carbocycles. The number of carbonyl (C=O) groups is 1. The Balaban J connectivity index is 2.52. The molecule has 1 fully saturated rings. The number of benzene rings is 1. The molecule has 5 nitrogen and oxygen atoms in total. The van der Waals surface area contributed by atoms with Crippen molar-refractivity contribution in [2.24, 2.45) is 5.92 Å².